The van der Waals surface area contributed by atoms with Crippen molar-refractivity contribution in [2.45, 2.75) is 45.2 Å². The van der Waals surface area contributed by atoms with Crippen molar-refractivity contribution in [2.24, 2.45) is 0 Å². The molecule has 0 radical (unpaired) electrons. The fourth-order valence-electron chi connectivity index (χ4n) is 1.50. The van der Waals surface area contributed by atoms with Gasteiger partial charge in [-0.25, -0.2) is 9.59 Å². The Hall–Kier alpha value is -1.92. The molecular weight excluding hydrogens is 276 g/mol. The van der Waals surface area contributed by atoms with E-state index in [2.05, 4.69) is 0 Å². The molecule has 0 aromatic heterocycles. The lowest BCUT2D eigenvalue weighted by molar-refractivity contribution is -0.157. The largest absolute Gasteiger partial charge is 0.451 e. The second-order valence-corrected chi connectivity index (χ2v) is 4.72. The fraction of sp³-hybridized carbons (Fsp3) is 0.467. The van der Waals surface area contributed by atoms with E-state index >= 15 is 0 Å². The Morgan fingerprint density at radius 1 is 1.48 bits per heavy atom. The highest BCUT2D eigenvalue weighted by molar-refractivity contribution is 5.88. The molecule has 1 heterocycles. The van der Waals surface area contributed by atoms with E-state index in [1.165, 1.54) is 31.2 Å². The van der Waals surface area contributed by atoms with Crippen LogP contribution >= 0.6 is 0 Å². The van der Waals surface area contributed by atoms with Crippen LogP contribution in [0.1, 0.15) is 20.8 Å². The number of hydrogen-bond acceptors (Lipinski definition) is 6. The normalized spacial score (nSPS) is 25.6. The topological polar surface area (TPSA) is 93.1 Å². The molecular formula is C15H20O6. The number of aliphatic hydroxyl groups is 2. The molecule has 6 nitrogen and oxygen atoms in total. The Balaban J connectivity index is 2.81. The van der Waals surface area contributed by atoms with Gasteiger partial charge in [0, 0.05) is 11.6 Å². The molecule has 0 aromatic rings. The first-order valence-corrected chi connectivity index (χ1v) is 6.62. The summed E-state index contributed by atoms with van der Waals surface area (Å²) in [6.45, 7) is 4.75. The zero-order valence-electron chi connectivity index (χ0n) is 12.2. The number of carbonyl (C=O) groups excluding carboxylic acids is 2. The average molecular weight is 296 g/mol. The van der Waals surface area contributed by atoms with Crippen LogP contribution < -0.4 is 0 Å². The van der Waals surface area contributed by atoms with Gasteiger partial charge in [0.25, 0.3) is 0 Å². The number of aliphatic hydroxyl groups excluding tert-OH is 2. The van der Waals surface area contributed by atoms with Crippen LogP contribution in [0, 0.1) is 0 Å². The molecule has 2 N–H and O–H groups in total. The first kappa shape index (κ1) is 17.1. The summed E-state index contributed by atoms with van der Waals surface area (Å²) in [6, 6.07) is 0. The number of ether oxygens (including phenoxy) is 2. The zero-order valence-corrected chi connectivity index (χ0v) is 12.2. The van der Waals surface area contributed by atoms with Gasteiger partial charge in [0.15, 0.2) is 12.2 Å². The van der Waals surface area contributed by atoms with Crippen LogP contribution in [0.5, 0.6) is 0 Å². The van der Waals surface area contributed by atoms with E-state index in [1.807, 2.05) is 0 Å². The summed E-state index contributed by atoms with van der Waals surface area (Å²) >= 11 is 0. The number of esters is 2. The van der Waals surface area contributed by atoms with Crippen molar-refractivity contribution >= 4 is 11.9 Å². The average Bonchev–Trinajstić information content (AvgIpc) is 2.45. The number of allylic oxidation sites excluding steroid dienone is 1. The lowest BCUT2D eigenvalue weighted by Gasteiger charge is -2.25. The van der Waals surface area contributed by atoms with Crippen molar-refractivity contribution in [2.75, 3.05) is 0 Å². The molecule has 6 heteroatoms. The molecule has 0 amide bonds. The van der Waals surface area contributed by atoms with E-state index in [0.717, 1.165) is 0 Å². The molecule has 4 atom stereocenters. The molecule has 1 rings (SSSR count). The maximum absolute atomic E-state index is 11.7. The molecule has 0 saturated heterocycles. The van der Waals surface area contributed by atoms with Gasteiger partial charge in [0.05, 0.1) is 12.2 Å². The summed E-state index contributed by atoms with van der Waals surface area (Å²) in [4.78, 5) is 23.0. The predicted octanol–water partition coefficient (Wildman–Crippen LogP) is 0.644. The van der Waals surface area contributed by atoms with E-state index in [4.69, 9.17) is 9.47 Å². The molecule has 0 fully saturated rings. The quantitative estimate of drug-likeness (QED) is 0.439. The minimum atomic E-state index is -1.09. The summed E-state index contributed by atoms with van der Waals surface area (Å²) in [7, 11) is 0. The van der Waals surface area contributed by atoms with E-state index in [1.54, 1.807) is 19.9 Å². The summed E-state index contributed by atoms with van der Waals surface area (Å²) in [5.74, 6) is -1.08. The highest BCUT2D eigenvalue weighted by Crippen LogP contribution is 2.16. The smallest absolute Gasteiger partial charge is 0.334 e. The third-order valence-electron chi connectivity index (χ3n) is 2.99. The highest BCUT2D eigenvalue weighted by Gasteiger charge is 2.28. The van der Waals surface area contributed by atoms with Crippen molar-refractivity contribution in [3.63, 3.8) is 0 Å². The van der Waals surface area contributed by atoms with Crippen molar-refractivity contribution in [1.29, 1.82) is 0 Å². The number of rotatable bonds is 5. The van der Waals surface area contributed by atoms with Gasteiger partial charge in [-0.2, -0.15) is 0 Å². The summed E-state index contributed by atoms with van der Waals surface area (Å²) in [6.07, 6.45) is 3.24. The Morgan fingerprint density at radius 3 is 2.71 bits per heavy atom. The Labute approximate surface area is 123 Å². The van der Waals surface area contributed by atoms with Crippen LogP contribution in [-0.4, -0.2) is 46.6 Å². The Kier molecular flexibility index (Phi) is 6.33. The Bertz CT molecular complexity index is 475. The van der Waals surface area contributed by atoms with Crippen molar-refractivity contribution in [3.05, 3.63) is 36.0 Å². The van der Waals surface area contributed by atoms with E-state index in [0.29, 0.717) is 5.57 Å². The van der Waals surface area contributed by atoms with Gasteiger partial charge in [0.1, 0.15) is 0 Å². The minimum absolute atomic E-state index is 0.437. The van der Waals surface area contributed by atoms with Gasteiger partial charge in [0.2, 0.25) is 0 Å². The van der Waals surface area contributed by atoms with Crippen molar-refractivity contribution in [1.82, 2.24) is 0 Å². The van der Waals surface area contributed by atoms with Gasteiger partial charge in [-0.05, 0) is 32.9 Å². The summed E-state index contributed by atoms with van der Waals surface area (Å²) in [5, 5.41) is 18.7. The van der Waals surface area contributed by atoms with Gasteiger partial charge in [-0.15, -0.1) is 0 Å². The SMILES string of the molecule is C/C=C(\C)C(=O)O[C@H]1C=CC(=O)O[C@H]1/C=C/[C@H](O)[C@@H](C)O. The summed E-state index contributed by atoms with van der Waals surface area (Å²) in [5.41, 5.74) is 0.437. The number of carbonyl (C=O) groups is 2. The molecule has 0 spiro atoms. The lowest BCUT2D eigenvalue weighted by Crippen LogP contribution is -2.36. The first-order chi connectivity index (χ1) is 9.85. The molecule has 1 aliphatic rings. The van der Waals surface area contributed by atoms with Crippen LogP contribution in [-0.2, 0) is 19.1 Å². The Morgan fingerprint density at radius 2 is 2.14 bits per heavy atom. The van der Waals surface area contributed by atoms with Gasteiger partial charge >= 0.3 is 11.9 Å². The van der Waals surface area contributed by atoms with Gasteiger partial charge in [-0.3, -0.25) is 0 Å². The molecule has 0 aliphatic carbocycles. The maximum Gasteiger partial charge on any atom is 0.334 e. The second kappa shape index (κ2) is 7.75. The summed E-state index contributed by atoms with van der Waals surface area (Å²) < 4.78 is 10.3. The molecule has 0 bridgehead atoms. The van der Waals surface area contributed by atoms with Crippen LogP contribution in [0.25, 0.3) is 0 Å². The van der Waals surface area contributed by atoms with Crippen LogP contribution in [0.4, 0.5) is 0 Å². The molecule has 1 aliphatic heterocycles. The lowest BCUT2D eigenvalue weighted by atomic mass is 10.1. The van der Waals surface area contributed by atoms with Gasteiger partial charge < -0.3 is 19.7 Å². The monoisotopic (exact) mass is 296 g/mol. The van der Waals surface area contributed by atoms with E-state index < -0.39 is 36.4 Å². The maximum atomic E-state index is 11.7. The standard InChI is InChI=1S/C15H20O6/c1-4-9(2)15(19)21-13-7-8-14(18)20-12(13)6-5-11(17)10(3)16/h4-8,10-13,16-17H,1-3H3/b6-5+,9-4+/t10-,11+,12+,13+/m1/s1. The van der Waals surface area contributed by atoms with Crippen molar-refractivity contribution in [3.8, 4) is 0 Å². The fourth-order valence-corrected chi connectivity index (χ4v) is 1.50. The second-order valence-electron chi connectivity index (χ2n) is 4.72. The van der Waals surface area contributed by atoms with Crippen LogP contribution in [0.15, 0.2) is 36.0 Å². The third-order valence-corrected chi connectivity index (χ3v) is 2.99. The number of cyclic esters (lactones) is 1. The highest BCUT2D eigenvalue weighted by atomic mass is 16.6. The molecule has 0 saturated carbocycles. The van der Waals surface area contributed by atoms with Crippen molar-refractivity contribution < 1.29 is 29.3 Å². The predicted molar refractivity (Wildman–Crippen MR) is 75.2 cm³/mol. The van der Waals surface area contributed by atoms with Crippen LogP contribution in [0.3, 0.4) is 0 Å². The van der Waals surface area contributed by atoms with E-state index in [9.17, 15) is 19.8 Å². The van der Waals surface area contributed by atoms with E-state index in [-0.39, 0.29) is 0 Å². The first-order valence-electron chi connectivity index (χ1n) is 6.62. The third kappa shape index (κ3) is 5.17. The molecule has 0 unspecified atom stereocenters. The minimum Gasteiger partial charge on any atom is -0.451 e. The molecule has 21 heavy (non-hydrogen) atoms. The molecule has 0 aromatic carbocycles. The molecule has 116 valence electrons. The zero-order chi connectivity index (χ0) is 16.0. The van der Waals surface area contributed by atoms with Crippen LogP contribution in [0.2, 0.25) is 0 Å². The van der Waals surface area contributed by atoms with Gasteiger partial charge in [-0.1, -0.05) is 12.2 Å². The number of hydrogen-bond donors (Lipinski definition) is 2.